The number of rotatable bonds is 1. The topological polar surface area (TPSA) is 3.24 Å². The number of nitrogens with zero attached hydrogens (tertiary/aromatic N) is 1. The van der Waals surface area contributed by atoms with Crippen LogP contribution < -0.4 is 0 Å². The standard InChI is InChI=1S/C13H9BrF3N/c1-7-9(14)3-4-12(18(7)2)13-10(16)5-8(15)6-11(13)17/h3-6H,1H2,2H3. The lowest BCUT2D eigenvalue weighted by atomic mass is 10.1. The summed E-state index contributed by atoms with van der Waals surface area (Å²) in [6, 6.07) is 1.31. The summed E-state index contributed by atoms with van der Waals surface area (Å²) < 4.78 is 40.9. The second-order valence-corrected chi connectivity index (χ2v) is 4.67. The molecule has 0 saturated heterocycles. The maximum Gasteiger partial charge on any atom is 0.138 e. The molecule has 0 spiro atoms. The Morgan fingerprint density at radius 1 is 1.11 bits per heavy atom. The molecule has 0 fully saturated rings. The molecule has 0 amide bonds. The second-order valence-electron chi connectivity index (χ2n) is 3.82. The van der Waals surface area contributed by atoms with Gasteiger partial charge in [-0.15, -0.1) is 0 Å². The van der Waals surface area contributed by atoms with Crippen LogP contribution in [0.1, 0.15) is 5.56 Å². The largest absolute Gasteiger partial charge is 0.344 e. The van der Waals surface area contributed by atoms with Crippen LogP contribution in [0.25, 0.3) is 5.70 Å². The molecule has 1 heterocycles. The first-order chi connectivity index (χ1) is 8.41. The monoisotopic (exact) mass is 315 g/mol. The smallest absolute Gasteiger partial charge is 0.138 e. The van der Waals surface area contributed by atoms with Crippen LogP contribution in [0.3, 0.4) is 0 Å². The van der Waals surface area contributed by atoms with E-state index in [0.29, 0.717) is 23.5 Å². The molecule has 1 nitrogen and oxygen atoms in total. The van der Waals surface area contributed by atoms with E-state index in [4.69, 9.17) is 0 Å². The van der Waals surface area contributed by atoms with Crippen molar-refractivity contribution < 1.29 is 13.2 Å². The van der Waals surface area contributed by atoms with Gasteiger partial charge in [0.25, 0.3) is 0 Å². The number of halogens is 4. The van der Waals surface area contributed by atoms with Crippen LogP contribution >= 0.6 is 15.9 Å². The van der Waals surface area contributed by atoms with Gasteiger partial charge in [-0.1, -0.05) is 6.58 Å². The third-order valence-electron chi connectivity index (χ3n) is 2.69. The van der Waals surface area contributed by atoms with Gasteiger partial charge in [0.05, 0.1) is 11.3 Å². The van der Waals surface area contributed by atoms with E-state index in [-0.39, 0.29) is 5.56 Å². The van der Waals surface area contributed by atoms with Crippen molar-refractivity contribution in [1.29, 1.82) is 0 Å². The number of hydrogen-bond donors (Lipinski definition) is 0. The lowest BCUT2D eigenvalue weighted by molar-refractivity contribution is 0.524. The third-order valence-corrected chi connectivity index (χ3v) is 3.41. The van der Waals surface area contributed by atoms with E-state index in [1.165, 1.54) is 11.0 Å². The number of allylic oxidation sites excluding steroid dienone is 3. The molecule has 18 heavy (non-hydrogen) atoms. The Labute approximate surface area is 111 Å². The molecule has 0 unspecified atom stereocenters. The maximum absolute atomic E-state index is 13.7. The lowest BCUT2D eigenvalue weighted by Crippen LogP contribution is -2.19. The second kappa shape index (κ2) is 4.65. The highest BCUT2D eigenvalue weighted by molar-refractivity contribution is 9.12. The van der Waals surface area contributed by atoms with Gasteiger partial charge >= 0.3 is 0 Å². The maximum atomic E-state index is 13.7. The number of benzene rings is 1. The molecule has 1 aromatic carbocycles. The van der Waals surface area contributed by atoms with Crippen LogP contribution in [-0.2, 0) is 0 Å². The predicted molar refractivity (Wildman–Crippen MR) is 68.2 cm³/mol. The van der Waals surface area contributed by atoms with E-state index in [2.05, 4.69) is 22.5 Å². The number of hydrogen-bond acceptors (Lipinski definition) is 1. The SMILES string of the molecule is C=C1C(Br)=CC=C(c2c(F)cc(F)cc2F)N1C. The molecule has 0 bridgehead atoms. The molecule has 0 atom stereocenters. The van der Waals surface area contributed by atoms with Gasteiger partial charge in [0.15, 0.2) is 0 Å². The zero-order chi connectivity index (χ0) is 13.4. The van der Waals surface area contributed by atoms with Gasteiger partial charge in [-0.25, -0.2) is 13.2 Å². The van der Waals surface area contributed by atoms with Gasteiger partial charge in [-0.3, -0.25) is 0 Å². The molecule has 1 aliphatic rings. The van der Waals surface area contributed by atoms with E-state index < -0.39 is 17.5 Å². The highest BCUT2D eigenvalue weighted by Gasteiger charge is 2.22. The van der Waals surface area contributed by atoms with Crippen LogP contribution in [-0.4, -0.2) is 11.9 Å². The Balaban J connectivity index is 2.60. The molecule has 94 valence electrons. The zero-order valence-corrected chi connectivity index (χ0v) is 11.1. The van der Waals surface area contributed by atoms with Crippen molar-refractivity contribution in [3.63, 3.8) is 0 Å². The summed E-state index contributed by atoms with van der Waals surface area (Å²) in [4.78, 5) is 1.53. The molecule has 0 radical (unpaired) electrons. The van der Waals surface area contributed by atoms with E-state index in [1.54, 1.807) is 13.1 Å². The van der Waals surface area contributed by atoms with Crippen LogP contribution in [0, 0.1) is 17.5 Å². The van der Waals surface area contributed by atoms with Crippen molar-refractivity contribution in [2.75, 3.05) is 7.05 Å². The quantitative estimate of drug-likeness (QED) is 0.751. The number of likely N-dealkylation sites (N-methyl/N-ethyl adjacent to an activating group) is 1. The molecule has 2 rings (SSSR count). The lowest BCUT2D eigenvalue weighted by Gasteiger charge is -2.28. The van der Waals surface area contributed by atoms with Crippen LogP contribution in [0.5, 0.6) is 0 Å². The third kappa shape index (κ3) is 2.10. The van der Waals surface area contributed by atoms with Crippen molar-refractivity contribution in [2.24, 2.45) is 0 Å². The summed E-state index contributed by atoms with van der Waals surface area (Å²) in [6.07, 6.45) is 3.18. The fourth-order valence-electron chi connectivity index (χ4n) is 1.70. The summed E-state index contributed by atoms with van der Waals surface area (Å²) in [5, 5.41) is 0. The average Bonchev–Trinajstić information content (AvgIpc) is 2.28. The first-order valence-electron chi connectivity index (χ1n) is 5.07. The Hall–Kier alpha value is -1.49. The summed E-state index contributed by atoms with van der Waals surface area (Å²) >= 11 is 3.27. The first kappa shape index (κ1) is 13.0. The summed E-state index contributed by atoms with van der Waals surface area (Å²) in [6.45, 7) is 3.78. The molecule has 1 aliphatic heterocycles. The summed E-state index contributed by atoms with van der Waals surface area (Å²) in [5.74, 6) is -2.82. The zero-order valence-electron chi connectivity index (χ0n) is 9.48. The van der Waals surface area contributed by atoms with Crippen LogP contribution in [0.2, 0.25) is 0 Å². The minimum absolute atomic E-state index is 0.267. The van der Waals surface area contributed by atoms with Crippen LogP contribution in [0.15, 0.2) is 41.0 Å². The Kier molecular flexibility index (Phi) is 3.34. The van der Waals surface area contributed by atoms with Gasteiger partial charge in [-0.05, 0) is 28.1 Å². The Morgan fingerprint density at radius 2 is 1.67 bits per heavy atom. The fraction of sp³-hybridized carbons (Fsp3) is 0.0769. The average molecular weight is 316 g/mol. The summed E-state index contributed by atoms with van der Waals surface area (Å²) in [5.41, 5.74) is 0.588. The van der Waals surface area contributed by atoms with E-state index >= 15 is 0 Å². The van der Waals surface area contributed by atoms with E-state index in [9.17, 15) is 13.2 Å². The van der Waals surface area contributed by atoms with E-state index in [0.717, 1.165) is 4.48 Å². The normalized spacial score (nSPS) is 15.6. The Bertz CT molecular complexity index is 567. The predicted octanol–water partition coefficient (Wildman–Crippen LogP) is 4.18. The fourth-order valence-corrected chi connectivity index (χ4v) is 2.10. The first-order valence-corrected chi connectivity index (χ1v) is 5.86. The molecule has 1 aromatic rings. The molecule has 5 heteroatoms. The molecule has 0 aliphatic carbocycles. The van der Waals surface area contributed by atoms with Crippen molar-refractivity contribution in [3.05, 3.63) is 64.1 Å². The minimum Gasteiger partial charge on any atom is -0.344 e. The molecule has 0 N–H and O–H groups in total. The molecular formula is C13H9BrF3N. The van der Waals surface area contributed by atoms with Gasteiger partial charge < -0.3 is 4.90 Å². The molecule has 0 aromatic heterocycles. The van der Waals surface area contributed by atoms with Gasteiger partial charge in [0.2, 0.25) is 0 Å². The minimum atomic E-state index is -0.941. The summed E-state index contributed by atoms with van der Waals surface area (Å²) in [7, 11) is 1.63. The van der Waals surface area contributed by atoms with Gasteiger partial charge in [-0.2, -0.15) is 0 Å². The highest BCUT2D eigenvalue weighted by atomic mass is 79.9. The Morgan fingerprint density at radius 3 is 2.22 bits per heavy atom. The van der Waals surface area contributed by atoms with Gasteiger partial charge in [0.1, 0.15) is 17.5 Å². The van der Waals surface area contributed by atoms with E-state index in [1.807, 2.05) is 0 Å². The van der Waals surface area contributed by atoms with Gasteiger partial charge in [0, 0.05) is 29.4 Å². The highest BCUT2D eigenvalue weighted by Crippen LogP contribution is 2.34. The van der Waals surface area contributed by atoms with Crippen molar-refractivity contribution >= 4 is 21.6 Å². The van der Waals surface area contributed by atoms with Crippen molar-refractivity contribution in [2.45, 2.75) is 0 Å². The van der Waals surface area contributed by atoms with Crippen molar-refractivity contribution in [1.82, 2.24) is 4.90 Å². The molecular weight excluding hydrogens is 307 g/mol. The molecule has 0 saturated carbocycles. The van der Waals surface area contributed by atoms with Crippen molar-refractivity contribution in [3.8, 4) is 0 Å². The van der Waals surface area contributed by atoms with Crippen LogP contribution in [0.4, 0.5) is 13.2 Å².